The molecule has 308 valence electrons. The van der Waals surface area contributed by atoms with Crippen LogP contribution in [0.5, 0.6) is 5.75 Å². The van der Waals surface area contributed by atoms with Gasteiger partial charge in [-0.05, 0) is 95.7 Å². The first kappa shape index (κ1) is 39.5. The minimum Gasteiger partial charge on any atom is -0.484 e. The van der Waals surface area contributed by atoms with Crippen LogP contribution in [0.25, 0.3) is 33.0 Å². The van der Waals surface area contributed by atoms with E-state index in [9.17, 15) is 36.4 Å². The Labute approximate surface area is 333 Å². The summed E-state index contributed by atoms with van der Waals surface area (Å²) in [5.41, 5.74) is -1.48. The highest BCUT2D eigenvalue weighted by Gasteiger charge is 2.62. The van der Waals surface area contributed by atoms with E-state index in [0.717, 1.165) is 6.42 Å². The predicted octanol–water partition coefficient (Wildman–Crippen LogP) is 5.66. The van der Waals surface area contributed by atoms with Gasteiger partial charge >= 0.3 is 6.09 Å². The maximum Gasteiger partial charge on any atom is 0.408 e. The summed E-state index contributed by atoms with van der Waals surface area (Å²) >= 11 is 0. The Bertz CT molecular complexity index is 2480. The summed E-state index contributed by atoms with van der Waals surface area (Å²) in [7, 11) is -3.96. The average Bonchev–Trinajstić information content (AvgIpc) is 4.05. The number of hydrogen-bond donors (Lipinski definition) is 3. The fraction of sp³-hybridized carbons (Fsp3) is 0.488. The zero-order valence-corrected chi connectivity index (χ0v) is 33.1. The molecular formula is C41H45F2N5O9S. The van der Waals surface area contributed by atoms with Gasteiger partial charge in [0.1, 0.15) is 52.1 Å². The molecular weight excluding hydrogens is 777 g/mol. The summed E-state index contributed by atoms with van der Waals surface area (Å²) in [4.78, 5) is 62.0. The minimum atomic E-state index is -3.96. The lowest BCUT2D eigenvalue weighted by Crippen LogP contribution is -2.58. The number of nitrogens with zero attached hydrogens (tertiary/aromatic N) is 2. The second-order valence-electron chi connectivity index (χ2n) is 16.7. The maximum absolute atomic E-state index is 14.8. The van der Waals surface area contributed by atoms with Crippen molar-refractivity contribution < 1.29 is 50.3 Å². The first-order valence-electron chi connectivity index (χ1n) is 19.6. The second kappa shape index (κ2) is 14.8. The summed E-state index contributed by atoms with van der Waals surface area (Å²) in [6.07, 6.45) is 5.74. The fourth-order valence-corrected chi connectivity index (χ4v) is 9.30. The number of hydrogen-bond acceptors (Lipinski definition) is 10. The van der Waals surface area contributed by atoms with Crippen molar-refractivity contribution in [2.75, 3.05) is 6.54 Å². The van der Waals surface area contributed by atoms with Gasteiger partial charge in [-0.25, -0.2) is 27.0 Å². The van der Waals surface area contributed by atoms with E-state index in [0.29, 0.717) is 48.6 Å². The van der Waals surface area contributed by atoms with Crippen LogP contribution in [0.15, 0.2) is 53.0 Å². The quantitative estimate of drug-likeness (QED) is 0.205. The molecule has 0 bridgehead atoms. The van der Waals surface area contributed by atoms with Gasteiger partial charge < -0.3 is 29.4 Å². The number of alkyl carbamates (subject to hydrolysis) is 1. The maximum atomic E-state index is 14.8. The van der Waals surface area contributed by atoms with Gasteiger partial charge in [0, 0.05) is 23.1 Å². The van der Waals surface area contributed by atoms with Crippen molar-refractivity contribution in [3.63, 3.8) is 0 Å². The lowest BCUT2D eigenvalue weighted by atomic mass is 10.0. The number of sulfonamides is 1. The molecule has 0 spiro atoms. The SMILES string of the molecule is CC(C)(C)OC(=O)N[C@H]1CCCCCC=C[C@@H]2C[C@@]2(C(=O)NS(=O)(=O)C2CC2)NC(=O)[C@@H]2C[C@@H](Oc3c4cc(F)ccc4nc4c3oc3ccc(F)cc34)CN2C1=O. The Hall–Kier alpha value is -5.32. The summed E-state index contributed by atoms with van der Waals surface area (Å²) in [5.74, 6) is -3.73. The molecule has 58 heavy (non-hydrogen) atoms. The Morgan fingerprint density at radius 1 is 1.02 bits per heavy atom. The third-order valence-electron chi connectivity index (χ3n) is 11.1. The molecule has 2 aromatic carbocycles. The molecule has 2 aliphatic carbocycles. The first-order valence-corrected chi connectivity index (χ1v) is 21.2. The van der Waals surface area contributed by atoms with Crippen molar-refractivity contribution in [1.82, 2.24) is 25.2 Å². The summed E-state index contributed by atoms with van der Waals surface area (Å²) < 4.78 is 75.4. The molecule has 0 radical (unpaired) electrons. The average molecular weight is 822 g/mol. The van der Waals surface area contributed by atoms with Crippen molar-refractivity contribution in [3.05, 3.63) is 60.2 Å². The van der Waals surface area contributed by atoms with E-state index in [-0.39, 0.29) is 48.0 Å². The first-order chi connectivity index (χ1) is 27.5. The van der Waals surface area contributed by atoms with Crippen molar-refractivity contribution in [3.8, 4) is 5.75 Å². The van der Waals surface area contributed by atoms with Crippen LogP contribution < -0.4 is 20.1 Å². The molecule has 2 aliphatic heterocycles. The smallest absolute Gasteiger partial charge is 0.408 e. The highest BCUT2D eigenvalue weighted by molar-refractivity contribution is 7.91. The number of ether oxygens (including phenoxy) is 2. The lowest BCUT2D eigenvalue weighted by Gasteiger charge is -2.30. The van der Waals surface area contributed by atoms with Gasteiger partial charge in [0.15, 0.2) is 11.3 Å². The molecule has 0 unspecified atom stereocenters. The van der Waals surface area contributed by atoms with Gasteiger partial charge in [-0.15, -0.1) is 0 Å². The van der Waals surface area contributed by atoms with E-state index in [1.165, 1.54) is 41.3 Å². The Morgan fingerprint density at radius 2 is 1.76 bits per heavy atom. The number of allylic oxidation sites excluding steroid dienone is 1. The summed E-state index contributed by atoms with van der Waals surface area (Å²) in [6.45, 7) is 4.90. The second-order valence-corrected chi connectivity index (χ2v) is 18.7. The van der Waals surface area contributed by atoms with Gasteiger partial charge in [0.05, 0.1) is 17.3 Å². The number of carbonyl (C=O) groups is 4. The molecule has 3 fully saturated rings. The summed E-state index contributed by atoms with van der Waals surface area (Å²) in [5, 5.41) is 5.45. The number of rotatable bonds is 6. The zero-order chi connectivity index (χ0) is 41.1. The van der Waals surface area contributed by atoms with Gasteiger partial charge in [0.2, 0.25) is 21.8 Å². The highest BCUT2D eigenvalue weighted by Crippen LogP contribution is 2.46. The molecule has 3 N–H and O–H groups in total. The van der Waals surface area contributed by atoms with Crippen LogP contribution in [0.3, 0.4) is 0 Å². The minimum absolute atomic E-state index is 0.0636. The Morgan fingerprint density at radius 3 is 2.50 bits per heavy atom. The van der Waals surface area contributed by atoms with E-state index >= 15 is 0 Å². The van der Waals surface area contributed by atoms with Gasteiger partial charge in [-0.2, -0.15) is 0 Å². The largest absolute Gasteiger partial charge is 0.484 e. The molecule has 1 saturated heterocycles. The molecule has 4 amide bonds. The predicted molar refractivity (Wildman–Crippen MR) is 208 cm³/mol. The molecule has 8 rings (SSSR count). The van der Waals surface area contributed by atoms with Crippen LogP contribution in [0.1, 0.15) is 78.6 Å². The third-order valence-corrected chi connectivity index (χ3v) is 12.9. The normalized spacial score (nSPS) is 25.7. The number of carbonyl (C=O) groups excluding carboxylic acids is 4. The Balaban J connectivity index is 1.16. The molecule has 4 aliphatic rings. The molecule has 2 aromatic heterocycles. The number of furan rings is 1. The third kappa shape index (κ3) is 7.92. The van der Waals surface area contributed by atoms with Crippen LogP contribution in [-0.4, -0.2) is 83.2 Å². The van der Waals surface area contributed by atoms with Crippen LogP contribution in [0.2, 0.25) is 0 Å². The molecule has 5 atom stereocenters. The molecule has 4 aromatic rings. The molecule has 14 nitrogen and oxygen atoms in total. The lowest BCUT2D eigenvalue weighted by molar-refractivity contribution is -0.141. The summed E-state index contributed by atoms with van der Waals surface area (Å²) in [6, 6.07) is 5.47. The van der Waals surface area contributed by atoms with Gasteiger partial charge in [-0.3, -0.25) is 19.1 Å². The molecule has 2 saturated carbocycles. The van der Waals surface area contributed by atoms with E-state index in [1.54, 1.807) is 20.8 Å². The van der Waals surface area contributed by atoms with Crippen molar-refractivity contribution in [2.45, 2.75) is 113 Å². The number of amides is 4. The Kier molecular flexibility index (Phi) is 10.1. The van der Waals surface area contributed by atoms with Gasteiger partial charge in [-0.1, -0.05) is 25.0 Å². The van der Waals surface area contributed by atoms with E-state index in [1.807, 2.05) is 12.2 Å². The van der Waals surface area contributed by atoms with Crippen LogP contribution in [-0.2, 0) is 29.1 Å². The van der Waals surface area contributed by atoms with Crippen molar-refractivity contribution in [2.24, 2.45) is 5.92 Å². The van der Waals surface area contributed by atoms with E-state index < -0.39 is 86.0 Å². The number of pyridine rings is 1. The van der Waals surface area contributed by atoms with E-state index in [2.05, 4.69) is 20.3 Å². The topological polar surface area (TPSA) is 186 Å². The van der Waals surface area contributed by atoms with Crippen LogP contribution in [0, 0.1) is 17.6 Å². The van der Waals surface area contributed by atoms with Crippen LogP contribution >= 0.6 is 0 Å². The monoisotopic (exact) mass is 821 g/mol. The standard InChI is InChI=1S/C41H45F2N5O9S/c1-40(2,3)57-39(52)45-30-10-8-6-4-5-7-9-22-20-41(22,38(51)47-58(53,54)26-13-14-26)46-36(49)31-19-25(21-48(31)37(30)50)55-34-27-17-23(42)11-15-29(27)44-33-28-18-24(43)12-16-32(28)56-35(33)34/h7,9,11-12,15-18,22,25-26,30-31H,4-6,8,10,13-14,19-21H2,1-3H3,(H,45,52)(H,46,49)(H,47,51)/t22-,25-,30+,31+,41-/m1/s1. The number of aromatic nitrogens is 1. The number of benzene rings is 2. The number of halogens is 2. The number of fused-ring (bicyclic) bond motifs is 6. The molecule has 4 heterocycles. The van der Waals surface area contributed by atoms with E-state index in [4.69, 9.17) is 13.9 Å². The van der Waals surface area contributed by atoms with Gasteiger partial charge in [0.25, 0.3) is 5.91 Å². The molecule has 17 heteroatoms. The highest BCUT2D eigenvalue weighted by atomic mass is 32.2. The number of nitrogens with one attached hydrogen (secondary N) is 3. The van der Waals surface area contributed by atoms with Crippen molar-refractivity contribution >= 4 is 66.8 Å². The van der Waals surface area contributed by atoms with Crippen LogP contribution in [0.4, 0.5) is 13.6 Å². The fourth-order valence-electron chi connectivity index (χ4n) is 7.93. The van der Waals surface area contributed by atoms with Crippen molar-refractivity contribution in [1.29, 1.82) is 0 Å². The zero-order valence-electron chi connectivity index (χ0n) is 32.3.